The molecule has 0 spiro atoms. The van der Waals surface area contributed by atoms with Gasteiger partial charge < -0.3 is 15.4 Å². The second-order valence-corrected chi connectivity index (χ2v) is 7.89. The Hall–Kier alpha value is -1.40. The van der Waals surface area contributed by atoms with E-state index in [4.69, 9.17) is 15.5 Å². The summed E-state index contributed by atoms with van der Waals surface area (Å²) in [6.07, 6.45) is 5.30. The van der Waals surface area contributed by atoms with Gasteiger partial charge in [0, 0.05) is 36.7 Å². The largest absolute Gasteiger partial charge is 0.378 e. The maximum absolute atomic E-state index is 13.3. The molecule has 2 heterocycles. The van der Waals surface area contributed by atoms with Gasteiger partial charge in [-0.25, -0.2) is 0 Å². The van der Waals surface area contributed by atoms with Crippen LogP contribution < -0.4 is 5.73 Å². The SMILES string of the molecule is Cc1ccc2nc(C3CC3)cc(C(=O)N3CCC(OCCCN)CC3)c2c1.Cl.Cl. The van der Waals surface area contributed by atoms with Gasteiger partial charge in [0.15, 0.2) is 0 Å². The first-order valence-corrected chi connectivity index (χ1v) is 10.2. The van der Waals surface area contributed by atoms with Crippen molar-refractivity contribution in [3.63, 3.8) is 0 Å². The molecule has 7 heteroatoms. The van der Waals surface area contributed by atoms with Gasteiger partial charge >= 0.3 is 0 Å². The smallest absolute Gasteiger partial charge is 0.254 e. The highest BCUT2D eigenvalue weighted by molar-refractivity contribution is 6.06. The summed E-state index contributed by atoms with van der Waals surface area (Å²) in [6.45, 7) is 4.94. The van der Waals surface area contributed by atoms with Crippen LogP contribution in [0.3, 0.4) is 0 Å². The van der Waals surface area contributed by atoms with Crippen molar-refractivity contribution in [2.24, 2.45) is 5.73 Å². The molecule has 0 bridgehead atoms. The molecule has 2 N–H and O–H groups in total. The number of carbonyl (C=O) groups is 1. The molecule has 4 rings (SSSR count). The van der Waals surface area contributed by atoms with E-state index in [2.05, 4.69) is 19.1 Å². The third-order valence-electron chi connectivity index (χ3n) is 5.64. The summed E-state index contributed by atoms with van der Waals surface area (Å²) in [6, 6.07) is 8.26. The second kappa shape index (κ2) is 10.6. The molecule has 1 saturated heterocycles. The molecule has 1 aliphatic carbocycles. The first kappa shape index (κ1) is 23.9. The monoisotopic (exact) mass is 439 g/mol. The van der Waals surface area contributed by atoms with Crippen LogP contribution in [0.1, 0.15) is 59.6 Å². The van der Waals surface area contributed by atoms with E-state index in [0.29, 0.717) is 19.1 Å². The number of rotatable bonds is 6. The van der Waals surface area contributed by atoms with Gasteiger partial charge in [0.05, 0.1) is 17.2 Å². The van der Waals surface area contributed by atoms with Gasteiger partial charge in [-0.15, -0.1) is 24.8 Å². The van der Waals surface area contributed by atoms with Crippen LogP contribution in [0.2, 0.25) is 0 Å². The van der Waals surface area contributed by atoms with E-state index in [-0.39, 0.29) is 36.8 Å². The Labute approximate surface area is 185 Å². The molecule has 1 aliphatic heterocycles. The zero-order valence-electron chi connectivity index (χ0n) is 16.9. The summed E-state index contributed by atoms with van der Waals surface area (Å²) in [5.74, 6) is 0.666. The van der Waals surface area contributed by atoms with Crippen LogP contribution in [-0.2, 0) is 4.74 Å². The van der Waals surface area contributed by atoms with Crippen LogP contribution >= 0.6 is 24.8 Å². The predicted molar refractivity (Wildman–Crippen MR) is 121 cm³/mol. The number of pyridine rings is 1. The van der Waals surface area contributed by atoms with Gasteiger partial charge in [-0.05, 0) is 63.8 Å². The van der Waals surface area contributed by atoms with Crippen LogP contribution in [0, 0.1) is 6.92 Å². The van der Waals surface area contributed by atoms with E-state index in [9.17, 15) is 4.79 Å². The molecule has 5 nitrogen and oxygen atoms in total. The average molecular weight is 440 g/mol. The Balaban J connectivity index is 0.00000150. The quantitative estimate of drug-likeness (QED) is 0.683. The number of benzene rings is 1. The first-order valence-electron chi connectivity index (χ1n) is 10.2. The average Bonchev–Trinajstić information content (AvgIpc) is 3.53. The van der Waals surface area contributed by atoms with Crippen molar-refractivity contribution < 1.29 is 9.53 Å². The normalized spacial score (nSPS) is 17.0. The van der Waals surface area contributed by atoms with Gasteiger partial charge in [0.2, 0.25) is 0 Å². The van der Waals surface area contributed by atoms with E-state index >= 15 is 0 Å². The van der Waals surface area contributed by atoms with Crippen LogP contribution in [0.25, 0.3) is 10.9 Å². The molecule has 1 amide bonds. The third kappa shape index (κ3) is 5.60. The number of carbonyl (C=O) groups excluding carboxylic acids is 1. The molecule has 1 aromatic carbocycles. The van der Waals surface area contributed by atoms with E-state index < -0.39 is 0 Å². The maximum Gasteiger partial charge on any atom is 0.254 e. The van der Waals surface area contributed by atoms with Crippen LogP contribution in [0.15, 0.2) is 24.3 Å². The fourth-order valence-electron chi connectivity index (χ4n) is 3.85. The van der Waals surface area contributed by atoms with E-state index in [1.54, 1.807) is 0 Å². The number of nitrogens with zero attached hydrogens (tertiary/aromatic N) is 2. The predicted octanol–water partition coefficient (Wildman–Crippen LogP) is 4.23. The summed E-state index contributed by atoms with van der Waals surface area (Å²) < 4.78 is 5.87. The fourth-order valence-corrected chi connectivity index (χ4v) is 3.85. The van der Waals surface area contributed by atoms with Gasteiger partial charge in [-0.2, -0.15) is 0 Å². The minimum Gasteiger partial charge on any atom is -0.378 e. The zero-order valence-corrected chi connectivity index (χ0v) is 18.6. The first-order chi connectivity index (χ1) is 13.2. The molecule has 0 radical (unpaired) electrons. The molecule has 29 heavy (non-hydrogen) atoms. The highest BCUT2D eigenvalue weighted by atomic mass is 35.5. The lowest BCUT2D eigenvalue weighted by atomic mass is 10.0. The summed E-state index contributed by atoms with van der Waals surface area (Å²) in [5.41, 5.74) is 9.51. The summed E-state index contributed by atoms with van der Waals surface area (Å²) >= 11 is 0. The summed E-state index contributed by atoms with van der Waals surface area (Å²) in [7, 11) is 0. The number of aryl methyl sites for hydroxylation is 1. The molecular formula is C22H31Cl2N3O2. The zero-order chi connectivity index (χ0) is 18.8. The second-order valence-electron chi connectivity index (χ2n) is 7.89. The number of fused-ring (bicyclic) bond motifs is 1. The number of aromatic nitrogens is 1. The van der Waals surface area contributed by atoms with Gasteiger partial charge in [-0.1, -0.05) is 11.6 Å². The van der Waals surface area contributed by atoms with Crippen molar-refractivity contribution in [1.29, 1.82) is 0 Å². The Bertz CT molecular complexity index is 834. The van der Waals surface area contributed by atoms with E-state index in [0.717, 1.165) is 60.1 Å². The molecule has 2 aliphatic rings. The van der Waals surface area contributed by atoms with Crippen LogP contribution in [0.4, 0.5) is 0 Å². The van der Waals surface area contributed by atoms with Crippen molar-refractivity contribution in [3.05, 3.63) is 41.1 Å². The highest BCUT2D eigenvalue weighted by Gasteiger charge is 2.29. The Morgan fingerprint density at radius 2 is 1.90 bits per heavy atom. The lowest BCUT2D eigenvalue weighted by molar-refractivity contribution is 0.00849. The third-order valence-corrected chi connectivity index (χ3v) is 5.64. The van der Waals surface area contributed by atoms with Crippen molar-refractivity contribution in [2.75, 3.05) is 26.2 Å². The molecule has 1 aromatic heterocycles. The number of piperidine rings is 1. The summed E-state index contributed by atoms with van der Waals surface area (Å²) in [5, 5.41) is 0.978. The van der Waals surface area contributed by atoms with Gasteiger partial charge in [0.1, 0.15) is 0 Å². The van der Waals surface area contributed by atoms with Crippen molar-refractivity contribution in [2.45, 2.75) is 51.0 Å². The number of halogens is 2. The number of hydrogen-bond donors (Lipinski definition) is 1. The molecular weight excluding hydrogens is 409 g/mol. The molecule has 0 unspecified atom stereocenters. The van der Waals surface area contributed by atoms with E-state index in [1.807, 2.05) is 17.0 Å². The highest BCUT2D eigenvalue weighted by Crippen LogP contribution is 2.40. The fraction of sp³-hybridized carbons (Fsp3) is 0.545. The lowest BCUT2D eigenvalue weighted by Crippen LogP contribution is -2.41. The molecule has 2 fully saturated rings. The number of amides is 1. The Morgan fingerprint density at radius 3 is 2.55 bits per heavy atom. The van der Waals surface area contributed by atoms with Crippen molar-refractivity contribution in [3.8, 4) is 0 Å². The number of ether oxygens (including phenoxy) is 1. The lowest BCUT2D eigenvalue weighted by Gasteiger charge is -2.32. The summed E-state index contributed by atoms with van der Waals surface area (Å²) in [4.78, 5) is 20.1. The van der Waals surface area contributed by atoms with Gasteiger partial charge in [0.25, 0.3) is 5.91 Å². The van der Waals surface area contributed by atoms with Crippen molar-refractivity contribution in [1.82, 2.24) is 9.88 Å². The Morgan fingerprint density at radius 1 is 1.17 bits per heavy atom. The van der Waals surface area contributed by atoms with Gasteiger partial charge in [-0.3, -0.25) is 9.78 Å². The molecule has 160 valence electrons. The van der Waals surface area contributed by atoms with Crippen LogP contribution in [0.5, 0.6) is 0 Å². The molecule has 2 aromatic rings. The van der Waals surface area contributed by atoms with Crippen LogP contribution in [-0.4, -0.2) is 48.1 Å². The number of likely N-dealkylation sites (tertiary alicyclic amines) is 1. The topological polar surface area (TPSA) is 68.5 Å². The Kier molecular flexibility index (Phi) is 8.71. The minimum atomic E-state index is 0. The van der Waals surface area contributed by atoms with E-state index in [1.165, 1.54) is 12.8 Å². The number of hydrogen-bond acceptors (Lipinski definition) is 4. The molecule has 1 saturated carbocycles. The standard InChI is InChI=1S/C22H29N3O2.2ClH/c1-15-3-6-20-18(13-15)19(14-21(24-20)16-4-5-16)22(26)25-10-7-17(8-11-25)27-12-2-9-23;;/h3,6,13-14,16-17H,2,4-5,7-12,23H2,1H3;2*1H. The van der Waals surface area contributed by atoms with Crippen molar-refractivity contribution >= 4 is 41.6 Å². The number of nitrogens with two attached hydrogens (primary N) is 1. The molecule has 0 atom stereocenters. The minimum absolute atomic E-state index is 0. The maximum atomic E-state index is 13.3.